The second-order valence-corrected chi connectivity index (χ2v) is 5.54. The van der Waals surface area contributed by atoms with Crippen LogP contribution in [-0.2, 0) is 4.79 Å². The lowest BCUT2D eigenvalue weighted by atomic mass is 10.3. The molecule has 0 aliphatic carbocycles. The Morgan fingerprint density at radius 3 is 2.71 bits per heavy atom. The number of furan rings is 1. The molecule has 0 spiro atoms. The minimum Gasteiger partial charge on any atom is -0.444 e. The monoisotopic (exact) mass is 370 g/mol. The van der Waals surface area contributed by atoms with Crippen LogP contribution in [0.25, 0.3) is 0 Å². The van der Waals surface area contributed by atoms with Gasteiger partial charge < -0.3 is 14.6 Å². The van der Waals surface area contributed by atoms with Crippen molar-refractivity contribution in [1.29, 1.82) is 0 Å². The lowest BCUT2D eigenvalue weighted by molar-refractivity contribution is -0.116. The molecule has 21 heavy (non-hydrogen) atoms. The summed E-state index contributed by atoms with van der Waals surface area (Å²) in [5.74, 6) is -0.527. The third-order valence-electron chi connectivity index (χ3n) is 2.62. The minimum atomic E-state index is -0.373. The summed E-state index contributed by atoms with van der Waals surface area (Å²) >= 11 is 8.96. The van der Waals surface area contributed by atoms with Crippen LogP contribution in [0, 0.1) is 0 Å². The normalized spacial score (nSPS) is 10.2. The third kappa shape index (κ3) is 4.34. The van der Waals surface area contributed by atoms with Crippen molar-refractivity contribution in [3.8, 4) is 0 Å². The number of likely N-dealkylation sites (N-methyl/N-ethyl adjacent to an activating group) is 1. The summed E-state index contributed by atoms with van der Waals surface area (Å²) in [5, 5.41) is 3.19. The van der Waals surface area contributed by atoms with Gasteiger partial charge >= 0.3 is 0 Å². The largest absolute Gasteiger partial charge is 0.444 e. The van der Waals surface area contributed by atoms with Crippen molar-refractivity contribution in [3.63, 3.8) is 0 Å². The highest BCUT2D eigenvalue weighted by Crippen LogP contribution is 2.16. The van der Waals surface area contributed by atoms with E-state index in [0.717, 1.165) is 0 Å². The average Bonchev–Trinajstić information content (AvgIpc) is 2.84. The highest BCUT2D eigenvalue weighted by atomic mass is 79.9. The van der Waals surface area contributed by atoms with Gasteiger partial charge in [0.15, 0.2) is 10.4 Å². The van der Waals surface area contributed by atoms with Crippen LogP contribution < -0.4 is 5.32 Å². The van der Waals surface area contributed by atoms with Crippen molar-refractivity contribution in [1.82, 2.24) is 4.90 Å². The Morgan fingerprint density at radius 1 is 1.33 bits per heavy atom. The Balaban J connectivity index is 1.94. The molecule has 5 nitrogen and oxygen atoms in total. The predicted molar refractivity (Wildman–Crippen MR) is 83.5 cm³/mol. The van der Waals surface area contributed by atoms with E-state index >= 15 is 0 Å². The number of amides is 2. The maximum absolute atomic E-state index is 12.0. The Hall–Kier alpha value is -1.79. The molecule has 0 saturated heterocycles. The molecule has 110 valence electrons. The van der Waals surface area contributed by atoms with E-state index < -0.39 is 0 Å². The van der Waals surface area contributed by atoms with Crippen molar-refractivity contribution in [2.75, 3.05) is 18.9 Å². The summed E-state index contributed by atoms with van der Waals surface area (Å²) in [6.45, 7) is -0.0936. The first-order chi connectivity index (χ1) is 9.95. The van der Waals surface area contributed by atoms with Crippen LogP contribution in [0.1, 0.15) is 10.6 Å². The first kappa shape index (κ1) is 15.6. The van der Waals surface area contributed by atoms with Gasteiger partial charge in [0.25, 0.3) is 5.91 Å². The van der Waals surface area contributed by atoms with E-state index in [1.165, 1.54) is 18.0 Å². The van der Waals surface area contributed by atoms with Gasteiger partial charge in [-0.05, 0) is 46.3 Å². The van der Waals surface area contributed by atoms with Crippen molar-refractivity contribution < 1.29 is 14.0 Å². The highest BCUT2D eigenvalue weighted by molar-refractivity contribution is 9.10. The molecular weight excluding hydrogens is 360 g/mol. The lowest BCUT2D eigenvalue weighted by Gasteiger charge is -2.15. The topological polar surface area (TPSA) is 62.6 Å². The summed E-state index contributed by atoms with van der Waals surface area (Å²) in [4.78, 5) is 25.2. The van der Waals surface area contributed by atoms with Gasteiger partial charge in [-0.2, -0.15) is 0 Å². The van der Waals surface area contributed by atoms with Gasteiger partial charge in [-0.15, -0.1) is 0 Å². The average molecular weight is 372 g/mol. The second kappa shape index (κ2) is 6.78. The minimum absolute atomic E-state index is 0.0936. The van der Waals surface area contributed by atoms with E-state index in [0.29, 0.717) is 15.4 Å². The van der Waals surface area contributed by atoms with Crippen LogP contribution in [0.3, 0.4) is 0 Å². The van der Waals surface area contributed by atoms with Gasteiger partial charge in [0.1, 0.15) is 0 Å². The van der Waals surface area contributed by atoms with Crippen LogP contribution in [0.15, 0.2) is 45.5 Å². The fourth-order valence-corrected chi connectivity index (χ4v) is 2.17. The number of anilines is 1. The molecule has 0 atom stereocenters. The number of carbonyl (C=O) groups is 2. The van der Waals surface area contributed by atoms with Gasteiger partial charge in [-0.1, -0.05) is 17.7 Å². The van der Waals surface area contributed by atoms with Gasteiger partial charge in [0.2, 0.25) is 5.91 Å². The number of hydrogen-bond donors (Lipinski definition) is 1. The molecule has 2 amide bonds. The van der Waals surface area contributed by atoms with Crippen LogP contribution in [0.4, 0.5) is 5.69 Å². The van der Waals surface area contributed by atoms with E-state index in [-0.39, 0.29) is 24.1 Å². The second-order valence-electron chi connectivity index (χ2n) is 4.32. The number of carbonyl (C=O) groups excluding carboxylic acids is 2. The van der Waals surface area contributed by atoms with Crippen LogP contribution >= 0.6 is 27.5 Å². The molecule has 0 aliphatic heterocycles. The zero-order valence-electron chi connectivity index (χ0n) is 11.1. The zero-order valence-corrected chi connectivity index (χ0v) is 13.4. The number of halogens is 2. The van der Waals surface area contributed by atoms with Gasteiger partial charge in [0.05, 0.1) is 6.54 Å². The molecule has 0 fully saturated rings. The molecule has 1 heterocycles. The maximum Gasteiger partial charge on any atom is 0.289 e. The van der Waals surface area contributed by atoms with Gasteiger partial charge in [-0.25, -0.2) is 0 Å². The predicted octanol–water partition coefficient (Wildman–Crippen LogP) is 3.41. The van der Waals surface area contributed by atoms with E-state index in [9.17, 15) is 9.59 Å². The number of nitrogens with zero attached hydrogens (tertiary/aromatic N) is 1. The van der Waals surface area contributed by atoms with Crippen LogP contribution in [0.5, 0.6) is 0 Å². The lowest BCUT2D eigenvalue weighted by Crippen LogP contribution is -2.34. The highest BCUT2D eigenvalue weighted by Gasteiger charge is 2.18. The van der Waals surface area contributed by atoms with Gasteiger partial charge in [0, 0.05) is 17.8 Å². The number of benzene rings is 1. The van der Waals surface area contributed by atoms with E-state index in [2.05, 4.69) is 21.2 Å². The van der Waals surface area contributed by atoms with Crippen molar-refractivity contribution in [3.05, 3.63) is 51.9 Å². The molecule has 0 saturated carbocycles. The summed E-state index contributed by atoms with van der Waals surface area (Å²) in [7, 11) is 1.52. The maximum atomic E-state index is 12.0. The first-order valence-electron chi connectivity index (χ1n) is 6.02. The summed E-state index contributed by atoms with van der Waals surface area (Å²) in [5.41, 5.74) is 0.578. The Morgan fingerprint density at radius 2 is 2.10 bits per heavy atom. The molecule has 1 aromatic heterocycles. The summed E-state index contributed by atoms with van der Waals surface area (Å²) < 4.78 is 5.62. The van der Waals surface area contributed by atoms with Gasteiger partial charge in [-0.3, -0.25) is 9.59 Å². The quantitative estimate of drug-likeness (QED) is 0.896. The molecule has 0 unspecified atom stereocenters. The summed E-state index contributed by atoms with van der Waals surface area (Å²) in [6, 6.07) is 9.94. The molecule has 0 bridgehead atoms. The molecule has 1 aromatic carbocycles. The number of nitrogens with one attached hydrogen (secondary N) is 1. The number of hydrogen-bond acceptors (Lipinski definition) is 3. The fraction of sp³-hybridized carbons (Fsp3) is 0.143. The summed E-state index contributed by atoms with van der Waals surface area (Å²) in [6.07, 6.45) is 0. The number of rotatable bonds is 4. The van der Waals surface area contributed by atoms with Crippen molar-refractivity contribution in [2.45, 2.75) is 0 Å². The van der Waals surface area contributed by atoms with E-state index in [1.54, 1.807) is 30.3 Å². The Kier molecular flexibility index (Phi) is 5.03. The molecule has 2 aromatic rings. The molecule has 0 aliphatic rings. The van der Waals surface area contributed by atoms with Crippen LogP contribution in [0.2, 0.25) is 5.02 Å². The first-order valence-corrected chi connectivity index (χ1v) is 7.19. The SMILES string of the molecule is CN(CC(=O)Nc1cccc(Cl)c1)C(=O)c1ccc(Br)o1. The molecular formula is C14H12BrClN2O3. The molecule has 2 rings (SSSR count). The third-order valence-corrected chi connectivity index (χ3v) is 3.28. The molecule has 0 radical (unpaired) electrons. The Bertz CT molecular complexity index is 672. The van der Waals surface area contributed by atoms with Crippen LogP contribution in [-0.4, -0.2) is 30.3 Å². The fourth-order valence-electron chi connectivity index (χ4n) is 1.67. The van der Waals surface area contributed by atoms with E-state index in [4.69, 9.17) is 16.0 Å². The molecule has 1 N–H and O–H groups in total. The molecule has 7 heteroatoms. The Labute approximate surface area is 135 Å². The smallest absolute Gasteiger partial charge is 0.289 e. The van der Waals surface area contributed by atoms with Crippen molar-refractivity contribution in [2.24, 2.45) is 0 Å². The van der Waals surface area contributed by atoms with E-state index in [1.807, 2.05) is 0 Å². The zero-order chi connectivity index (χ0) is 15.4. The van der Waals surface area contributed by atoms with Crippen molar-refractivity contribution >= 4 is 45.0 Å². The standard InChI is InChI=1S/C14H12BrClN2O3/c1-18(14(20)11-5-6-12(15)21-11)8-13(19)17-10-4-2-3-9(16)7-10/h2-7H,8H2,1H3,(H,17,19).